The van der Waals surface area contributed by atoms with Gasteiger partial charge in [0.2, 0.25) is 0 Å². The van der Waals surface area contributed by atoms with Gasteiger partial charge in [0.25, 0.3) is 0 Å². The average Bonchev–Trinajstić information content (AvgIpc) is 2.29. The smallest absolute Gasteiger partial charge is 0.0558 e. The SMILES string of the molecule is CCNC(C)CC(C)S(=O)c1ccccc1. The van der Waals surface area contributed by atoms with Gasteiger partial charge in [0, 0.05) is 16.2 Å². The third kappa shape index (κ3) is 4.06. The Labute approximate surface area is 101 Å². The lowest BCUT2D eigenvalue weighted by atomic mass is 10.2. The zero-order valence-corrected chi connectivity index (χ0v) is 11.1. The number of hydrogen-bond acceptors (Lipinski definition) is 2. The van der Waals surface area contributed by atoms with Crippen LogP contribution in [0.2, 0.25) is 0 Å². The zero-order chi connectivity index (χ0) is 12.0. The molecule has 3 atom stereocenters. The normalized spacial score (nSPS) is 16.7. The van der Waals surface area contributed by atoms with Gasteiger partial charge >= 0.3 is 0 Å². The van der Waals surface area contributed by atoms with Crippen LogP contribution in [0.1, 0.15) is 27.2 Å². The standard InChI is InChI=1S/C13H21NOS/c1-4-14-11(2)10-12(3)16(15)13-8-6-5-7-9-13/h5-9,11-12,14H,4,10H2,1-3H3. The Morgan fingerprint density at radius 3 is 2.44 bits per heavy atom. The molecular formula is C13H21NOS. The van der Waals surface area contributed by atoms with Gasteiger partial charge in [-0.05, 0) is 32.0 Å². The van der Waals surface area contributed by atoms with E-state index in [2.05, 4.69) is 26.1 Å². The molecule has 0 aliphatic carbocycles. The molecule has 1 aromatic rings. The summed E-state index contributed by atoms with van der Waals surface area (Å²) in [6.45, 7) is 7.25. The predicted molar refractivity (Wildman–Crippen MR) is 70.1 cm³/mol. The molecule has 90 valence electrons. The number of benzene rings is 1. The quantitative estimate of drug-likeness (QED) is 0.826. The molecular weight excluding hydrogens is 218 g/mol. The third-order valence-corrected chi connectivity index (χ3v) is 4.24. The van der Waals surface area contributed by atoms with E-state index in [1.54, 1.807) is 0 Å². The summed E-state index contributed by atoms with van der Waals surface area (Å²) in [5.74, 6) is 0. The van der Waals surface area contributed by atoms with Gasteiger partial charge in [-0.3, -0.25) is 4.21 Å². The first-order valence-corrected chi connectivity index (χ1v) is 7.05. The van der Waals surface area contributed by atoms with E-state index in [0.717, 1.165) is 17.9 Å². The summed E-state index contributed by atoms with van der Waals surface area (Å²) in [6.07, 6.45) is 0.940. The molecule has 1 rings (SSSR count). The maximum atomic E-state index is 12.2. The summed E-state index contributed by atoms with van der Waals surface area (Å²) >= 11 is 0. The first-order valence-electron chi connectivity index (χ1n) is 5.84. The Balaban J connectivity index is 2.55. The van der Waals surface area contributed by atoms with E-state index in [1.807, 2.05) is 30.3 Å². The molecule has 0 saturated carbocycles. The first kappa shape index (κ1) is 13.4. The van der Waals surface area contributed by atoms with Crippen molar-refractivity contribution in [3.63, 3.8) is 0 Å². The molecule has 1 aromatic carbocycles. The van der Waals surface area contributed by atoms with Crippen molar-refractivity contribution in [3.8, 4) is 0 Å². The van der Waals surface area contributed by atoms with Crippen LogP contribution >= 0.6 is 0 Å². The molecule has 1 N–H and O–H groups in total. The van der Waals surface area contributed by atoms with Crippen molar-refractivity contribution < 1.29 is 4.21 Å². The number of nitrogens with one attached hydrogen (secondary N) is 1. The Morgan fingerprint density at radius 1 is 1.25 bits per heavy atom. The highest BCUT2D eigenvalue weighted by atomic mass is 32.2. The van der Waals surface area contributed by atoms with Gasteiger partial charge in [-0.25, -0.2) is 0 Å². The first-order chi connectivity index (χ1) is 7.65. The van der Waals surface area contributed by atoms with Crippen LogP contribution in [0.15, 0.2) is 35.2 Å². The molecule has 3 heteroatoms. The highest BCUT2D eigenvalue weighted by Crippen LogP contribution is 2.14. The lowest BCUT2D eigenvalue weighted by Gasteiger charge is -2.17. The molecule has 16 heavy (non-hydrogen) atoms. The highest BCUT2D eigenvalue weighted by Gasteiger charge is 2.15. The Hall–Kier alpha value is -0.670. The molecule has 0 saturated heterocycles. The molecule has 0 bridgehead atoms. The Morgan fingerprint density at radius 2 is 1.88 bits per heavy atom. The Bertz CT molecular complexity index is 326. The minimum Gasteiger partial charge on any atom is -0.314 e. The van der Waals surface area contributed by atoms with E-state index in [1.165, 1.54) is 0 Å². The van der Waals surface area contributed by atoms with Crippen molar-refractivity contribution in [2.45, 2.75) is 43.4 Å². The van der Waals surface area contributed by atoms with Crippen LogP contribution < -0.4 is 5.32 Å². The van der Waals surface area contributed by atoms with Gasteiger partial charge in [-0.1, -0.05) is 32.0 Å². The Kier molecular flexibility index (Phi) is 5.71. The summed E-state index contributed by atoms with van der Waals surface area (Å²) in [5.41, 5.74) is 0. The van der Waals surface area contributed by atoms with Crippen molar-refractivity contribution >= 4 is 10.8 Å². The van der Waals surface area contributed by atoms with Crippen molar-refractivity contribution in [1.29, 1.82) is 0 Å². The maximum absolute atomic E-state index is 12.2. The van der Waals surface area contributed by atoms with Crippen LogP contribution in [0.4, 0.5) is 0 Å². The second-order valence-corrected chi connectivity index (χ2v) is 5.99. The summed E-state index contributed by atoms with van der Waals surface area (Å²) in [5, 5.41) is 3.54. The van der Waals surface area contributed by atoms with Crippen LogP contribution in [-0.4, -0.2) is 22.0 Å². The molecule has 0 aliphatic rings. The molecule has 0 radical (unpaired) electrons. The van der Waals surface area contributed by atoms with Gasteiger partial charge in [-0.2, -0.15) is 0 Å². The number of hydrogen-bond donors (Lipinski definition) is 1. The summed E-state index contributed by atoms with van der Waals surface area (Å²) < 4.78 is 12.2. The highest BCUT2D eigenvalue weighted by molar-refractivity contribution is 7.85. The summed E-state index contributed by atoms with van der Waals surface area (Å²) in [7, 11) is -0.892. The van der Waals surface area contributed by atoms with E-state index >= 15 is 0 Å². The fourth-order valence-corrected chi connectivity index (χ4v) is 3.16. The lowest BCUT2D eigenvalue weighted by molar-refractivity contribution is 0.524. The van der Waals surface area contributed by atoms with Crippen LogP contribution in [0, 0.1) is 0 Å². The fraction of sp³-hybridized carbons (Fsp3) is 0.538. The molecule has 0 fully saturated rings. The largest absolute Gasteiger partial charge is 0.314 e. The summed E-state index contributed by atoms with van der Waals surface area (Å²) in [6, 6.07) is 10.1. The minimum atomic E-state index is -0.892. The molecule has 0 spiro atoms. The van der Waals surface area contributed by atoms with Crippen LogP contribution in [0.25, 0.3) is 0 Å². The maximum Gasteiger partial charge on any atom is 0.0558 e. The molecule has 2 nitrogen and oxygen atoms in total. The monoisotopic (exact) mass is 239 g/mol. The molecule has 3 unspecified atom stereocenters. The van der Waals surface area contributed by atoms with Gasteiger partial charge in [0.05, 0.1) is 10.8 Å². The van der Waals surface area contributed by atoms with E-state index < -0.39 is 10.8 Å². The topological polar surface area (TPSA) is 29.1 Å². The van der Waals surface area contributed by atoms with E-state index in [9.17, 15) is 4.21 Å². The second-order valence-electron chi connectivity index (χ2n) is 4.12. The molecule has 0 aliphatic heterocycles. The van der Waals surface area contributed by atoms with Crippen molar-refractivity contribution in [2.75, 3.05) is 6.54 Å². The van der Waals surface area contributed by atoms with Gasteiger partial charge in [0.1, 0.15) is 0 Å². The van der Waals surface area contributed by atoms with E-state index in [0.29, 0.717) is 6.04 Å². The van der Waals surface area contributed by atoms with E-state index in [-0.39, 0.29) is 5.25 Å². The van der Waals surface area contributed by atoms with Crippen LogP contribution in [0.5, 0.6) is 0 Å². The van der Waals surface area contributed by atoms with E-state index in [4.69, 9.17) is 0 Å². The predicted octanol–water partition coefficient (Wildman–Crippen LogP) is 2.57. The van der Waals surface area contributed by atoms with Crippen molar-refractivity contribution in [3.05, 3.63) is 30.3 Å². The van der Waals surface area contributed by atoms with Crippen molar-refractivity contribution in [1.82, 2.24) is 5.32 Å². The third-order valence-electron chi connectivity index (χ3n) is 2.58. The van der Waals surface area contributed by atoms with Gasteiger partial charge < -0.3 is 5.32 Å². The minimum absolute atomic E-state index is 0.191. The second kappa shape index (κ2) is 6.81. The zero-order valence-electron chi connectivity index (χ0n) is 10.3. The molecule has 0 amide bonds. The average molecular weight is 239 g/mol. The van der Waals surface area contributed by atoms with Gasteiger partial charge in [-0.15, -0.1) is 0 Å². The van der Waals surface area contributed by atoms with Crippen molar-refractivity contribution in [2.24, 2.45) is 0 Å². The molecule has 0 heterocycles. The van der Waals surface area contributed by atoms with Crippen LogP contribution in [-0.2, 0) is 10.8 Å². The number of rotatable bonds is 6. The van der Waals surface area contributed by atoms with Crippen LogP contribution in [0.3, 0.4) is 0 Å². The van der Waals surface area contributed by atoms with Gasteiger partial charge in [0.15, 0.2) is 0 Å². The fourth-order valence-electron chi connectivity index (χ4n) is 1.80. The summed E-state index contributed by atoms with van der Waals surface area (Å²) in [4.78, 5) is 0.929. The molecule has 0 aromatic heterocycles. The lowest BCUT2D eigenvalue weighted by Crippen LogP contribution is -2.30.